The Balaban J connectivity index is 0.00000161. The zero-order valence-corrected chi connectivity index (χ0v) is 12.3. The molecule has 0 aliphatic carbocycles. The van der Waals surface area contributed by atoms with E-state index in [1.807, 2.05) is 35.2 Å². The van der Waals surface area contributed by atoms with E-state index < -0.39 is 12.0 Å². The second-order valence-electron chi connectivity index (χ2n) is 4.98. The highest BCUT2D eigenvalue weighted by atomic mass is 35.5. The van der Waals surface area contributed by atoms with Gasteiger partial charge in [-0.25, -0.2) is 4.98 Å². The van der Waals surface area contributed by atoms with E-state index in [0.29, 0.717) is 18.9 Å². The predicted molar refractivity (Wildman–Crippen MR) is 80.3 cm³/mol. The van der Waals surface area contributed by atoms with E-state index in [9.17, 15) is 4.79 Å². The molecule has 1 atom stereocenters. The third-order valence-electron chi connectivity index (χ3n) is 3.59. The molecule has 0 spiro atoms. The Bertz CT molecular complexity index is 600. The number of benzene rings is 1. The van der Waals surface area contributed by atoms with Crippen LogP contribution in [0, 0.1) is 0 Å². The van der Waals surface area contributed by atoms with E-state index in [4.69, 9.17) is 9.52 Å². The van der Waals surface area contributed by atoms with Crippen molar-refractivity contribution in [1.82, 2.24) is 9.88 Å². The fourth-order valence-corrected chi connectivity index (χ4v) is 2.60. The number of hydrogen-bond donors (Lipinski definition) is 1. The average Bonchev–Trinajstić information content (AvgIpc) is 3.09. The molecule has 6 heteroatoms. The summed E-state index contributed by atoms with van der Waals surface area (Å²) in [5.41, 5.74) is 1.70. The van der Waals surface area contributed by atoms with Crippen LogP contribution in [0.1, 0.15) is 18.5 Å². The first kappa shape index (κ1) is 15.5. The van der Waals surface area contributed by atoms with Crippen LogP contribution in [0.4, 0.5) is 0 Å². The first-order chi connectivity index (χ1) is 9.74. The average molecular weight is 309 g/mol. The summed E-state index contributed by atoms with van der Waals surface area (Å²) < 4.78 is 5.47. The van der Waals surface area contributed by atoms with Gasteiger partial charge in [0, 0.05) is 12.1 Å². The summed E-state index contributed by atoms with van der Waals surface area (Å²) in [5.74, 6) is -0.180. The molecule has 1 aliphatic heterocycles. The third-order valence-corrected chi connectivity index (χ3v) is 3.59. The lowest BCUT2D eigenvalue weighted by atomic mass is 10.2. The molecule has 3 rings (SSSR count). The van der Waals surface area contributed by atoms with Crippen LogP contribution in [0.15, 0.2) is 41.0 Å². The number of aromatic nitrogens is 1. The van der Waals surface area contributed by atoms with Gasteiger partial charge in [0.2, 0.25) is 5.89 Å². The van der Waals surface area contributed by atoms with Crippen molar-refractivity contribution in [3.05, 3.63) is 42.3 Å². The van der Waals surface area contributed by atoms with Crippen LogP contribution in [-0.2, 0) is 11.3 Å². The summed E-state index contributed by atoms with van der Waals surface area (Å²) >= 11 is 0. The lowest BCUT2D eigenvalue weighted by Gasteiger charge is -2.19. The van der Waals surface area contributed by atoms with Gasteiger partial charge in [-0.2, -0.15) is 0 Å². The van der Waals surface area contributed by atoms with Gasteiger partial charge in [0.25, 0.3) is 0 Å². The van der Waals surface area contributed by atoms with Crippen molar-refractivity contribution in [1.29, 1.82) is 0 Å². The molecular formula is C15H17ClN2O3. The van der Waals surface area contributed by atoms with Gasteiger partial charge in [-0.1, -0.05) is 18.2 Å². The van der Waals surface area contributed by atoms with E-state index in [1.54, 1.807) is 6.26 Å². The summed E-state index contributed by atoms with van der Waals surface area (Å²) in [5, 5.41) is 9.16. The fraction of sp³-hybridized carbons (Fsp3) is 0.333. The number of carbonyl (C=O) groups is 1. The highest BCUT2D eigenvalue weighted by Gasteiger charge is 2.30. The molecule has 1 aromatic heterocycles. The van der Waals surface area contributed by atoms with Crippen molar-refractivity contribution in [2.45, 2.75) is 25.4 Å². The summed E-state index contributed by atoms with van der Waals surface area (Å²) in [4.78, 5) is 17.5. The van der Waals surface area contributed by atoms with Gasteiger partial charge < -0.3 is 9.52 Å². The van der Waals surface area contributed by atoms with Gasteiger partial charge >= 0.3 is 5.97 Å². The number of likely N-dealkylation sites (tertiary alicyclic amines) is 1. The Morgan fingerprint density at radius 3 is 2.86 bits per heavy atom. The molecule has 5 nitrogen and oxygen atoms in total. The Kier molecular flexibility index (Phi) is 4.98. The molecule has 0 bridgehead atoms. The van der Waals surface area contributed by atoms with Crippen LogP contribution < -0.4 is 0 Å². The maximum atomic E-state index is 11.1. The van der Waals surface area contributed by atoms with Crippen LogP contribution in [0.25, 0.3) is 11.5 Å². The molecule has 21 heavy (non-hydrogen) atoms. The van der Waals surface area contributed by atoms with Gasteiger partial charge in [0.15, 0.2) is 0 Å². The van der Waals surface area contributed by atoms with E-state index in [-0.39, 0.29) is 12.4 Å². The topological polar surface area (TPSA) is 66.6 Å². The molecule has 112 valence electrons. The summed E-state index contributed by atoms with van der Waals surface area (Å²) in [6, 6.07) is 9.28. The number of rotatable bonds is 4. The highest BCUT2D eigenvalue weighted by molar-refractivity contribution is 5.85. The molecule has 1 aromatic carbocycles. The summed E-state index contributed by atoms with van der Waals surface area (Å²) in [6.45, 7) is 1.32. The van der Waals surface area contributed by atoms with Crippen LogP contribution in [0.3, 0.4) is 0 Å². The van der Waals surface area contributed by atoms with Gasteiger partial charge in [-0.05, 0) is 31.5 Å². The maximum absolute atomic E-state index is 11.1. The van der Waals surface area contributed by atoms with E-state index in [1.165, 1.54) is 0 Å². The van der Waals surface area contributed by atoms with Crippen LogP contribution >= 0.6 is 12.4 Å². The number of hydrogen-bond acceptors (Lipinski definition) is 4. The molecule has 1 saturated heterocycles. The zero-order valence-electron chi connectivity index (χ0n) is 11.4. The van der Waals surface area contributed by atoms with E-state index >= 15 is 0 Å². The smallest absolute Gasteiger partial charge is 0.320 e. The van der Waals surface area contributed by atoms with E-state index in [2.05, 4.69) is 4.98 Å². The number of oxazole rings is 1. The van der Waals surface area contributed by atoms with Crippen molar-refractivity contribution < 1.29 is 14.3 Å². The number of carboxylic acids is 1. The van der Waals surface area contributed by atoms with E-state index in [0.717, 1.165) is 24.2 Å². The number of aliphatic carboxylic acids is 1. The largest absolute Gasteiger partial charge is 0.480 e. The molecule has 0 unspecified atom stereocenters. The van der Waals surface area contributed by atoms with Crippen LogP contribution in [0.5, 0.6) is 0 Å². The molecule has 1 N–H and O–H groups in total. The molecule has 2 aromatic rings. The summed E-state index contributed by atoms with van der Waals surface area (Å²) in [7, 11) is 0. The van der Waals surface area contributed by atoms with Crippen molar-refractivity contribution in [2.24, 2.45) is 0 Å². The normalized spacial score (nSPS) is 18.4. The quantitative estimate of drug-likeness (QED) is 0.940. The van der Waals surface area contributed by atoms with Crippen molar-refractivity contribution in [3.63, 3.8) is 0 Å². The van der Waals surface area contributed by atoms with Crippen molar-refractivity contribution in [3.8, 4) is 11.5 Å². The fourth-order valence-electron chi connectivity index (χ4n) is 2.60. The van der Waals surface area contributed by atoms with Gasteiger partial charge in [-0.3, -0.25) is 9.69 Å². The first-order valence-corrected chi connectivity index (χ1v) is 6.71. The van der Waals surface area contributed by atoms with Gasteiger partial charge in [-0.15, -0.1) is 12.4 Å². The Hall–Kier alpha value is -1.85. The second kappa shape index (κ2) is 6.74. The predicted octanol–water partition coefficient (Wildman–Crippen LogP) is 2.81. The summed E-state index contributed by atoms with van der Waals surface area (Å²) in [6.07, 6.45) is 3.23. The standard InChI is InChI=1S/C15H16N2O3.ClH/c18-15(19)13-7-4-8-17(13)9-12-10-20-14(16-12)11-5-2-1-3-6-11;/h1-3,5-6,10,13H,4,7-9H2,(H,18,19);1H/t13-;/m1./s1. The van der Waals surface area contributed by atoms with Crippen molar-refractivity contribution >= 4 is 18.4 Å². The molecule has 1 fully saturated rings. The Morgan fingerprint density at radius 1 is 1.38 bits per heavy atom. The van der Waals surface area contributed by atoms with Crippen molar-refractivity contribution in [2.75, 3.05) is 6.54 Å². The number of nitrogens with zero attached hydrogens (tertiary/aromatic N) is 2. The molecule has 2 heterocycles. The third kappa shape index (κ3) is 3.43. The molecule has 0 radical (unpaired) electrons. The molecular weight excluding hydrogens is 292 g/mol. The SMILES string of the molecule is Cl.O=C(O)[C@H]1CCCN1Cc1coc(-c2ccccc2)n1. The molecule has 0 saturated carbocycles. The number of carboxylic acid groups (broad SMARTS) is 1. The zero-order chi connectivity index (χ0) is 13.9. The van der Waals surface area contributed by atoms with Crippen LogP contribution in [-0.4, -0.2) is 33.5 Å². The minimum absolute atomic E-state index is 0. The number of halogens is 1. The van der Waals surface area contributed by atoms with Gasteiger partial charge in [0.05, 0.1) is 5.69 Å². The minimum Gasteiger partial charge on any atom is -0.480 e. The minimum atomic E-state index is -0.755. The molecule has 1 aliphatic rings. The lowest BCUT2D eigenvalue weighted by molar-refractivity contribution is -0.142. The monoisotopic (exact) mass is 308 g/mol. The maximum Gasteiger partial charge on any atom is 0.320 e. The van der Waals surface area contributed by atoms with Gasteiger partial charge in [0.1, 0.15) is 12.3 Å². The Labute approximate surface area is 129 Å². The second-order valence-corrected chi connectivity index (χ2v) is 4.98. The lowest BCUT2D eigenvalue weighted by Crippen LogP contribution is -2.35. The Morgan fingerprint density at radius 2 is 2.14 bits per heavy atom. The first-order valence-electron chi connectivity index (χ1n) is 6.71. The highest BCUT2D eigenvalue weighted by Crippen LogP contribution is 2.22. The van der Waals surface area contributed by atoms with Crippen LogP contribution in [0.2, 0.25) is 0 Å². The molecule has 0 amide bonds.